The Bertz CT molecular complexity index is 886. The van der Waals surface area contributed by atoms with Crippen LogP contribution in [0, 0.1) is 0 Å². The van der Waals surface area contributed by atoms with Crippen molar-refractivity contribution in [3.8, 4) is 11.5 Å². The van der Waals surface area contributed by atoms with E-state index >= 15 is 0 Å². The summed E-state index contributed by atoms with van der Waals surface area (Å²) in [5.41, 5.74) is 2.07. The number of aromatic nitrogens is 2. The van der Waals surface area contributed by atoms with Gasteiger partial charge in [0.1, 0.15) is 0 Å². The van der Waals surface area contributed by atoms with Crippen LogP contribution >= 0.6 is 27.7 Å². The standard InChI is InChI=1S/C20H20BrN3O2S/c1-2-14(15-7-4-3-5-8-15)12-22-18(25)13-27-20-24-23-19(26-20)16-9-6-10-17(21)11-16/h3-11,14H,2,12-13H2,1H3,(H,22,25). The Morgan fingerprint density at radius 2 is 2.00 bits per heavy atom. The molecule has 7 heteroatoms. The Kier molecular flexibility index (Phi) is 7.06. The second kappa shape index (κ2) is 9.71. The lowest BCUT2D eigenvalue weighted by atomic mass is 9.96. The molecule has 3 aromatic rings. The number of halogens is 1. The molecule has 1 N–H and O–H groups in total. The minimum atomic E-state index is -0.0448. The Hall–Kier alpha value is -2.12. The van der Waals surface area contributed by atoms with E-state index in [1.165, 1.54) is 17.3 Å². The number of rotatable bonds is 8. The van der Waals surface area contributed by atoms with Crippen molar-refractivity contribution in [2.24, 2.45) is 0 Å². The molecule has 140 valence electrons. The molecule has 27 heavy (non-hydrogen) atoms. The highest BCUT2D eigenvalue weighted by molar-refractivity contribution is 9.10. The van der Waals surface area contributed by atoms with Gasteiger partial charge in [-0.05, 0) is 30.2 Å². The molecule has 1 aromatic heterocycles. The highest BCUT2D eigenvalue weighted by atomic mass is 79.9. The molecule has 0 spiro atoms. The minimum Gasteiger partial charge on any atom is -0.411 e. The minimum absolute atomic E-state index is 0.0448. The molecule has 0 bridgehead atoms. The van der Waals surface area contributed by atoms with Crippen LogP contribution in [0.5, 0.6) is 0 Å². The third-order valence-corrected chi connectivity index (χ3v) is 5.43. The summed E-state index contributed by atoms with van der Waals surface area (Å²) in [7, 11) is 0. The number of benzene rings is 2. The summed E-state index contributed by atoms with van der Waals surface area (Å²) in [5, 5.41) is 11.4. The monoisotopic (exact) mass is 445 g/mol. The van der Waals surface area contributed by atoms with Crippen molar-refractivity contribution in [3.05, 3.63) is 64.6 Å². The molecule has 1 amide bonds. The predicted molar refractivity (Wildman–Crippen MR) is 111 cm³/mol. The molecular formula is C20H20BrN3O2S. The number of thioether (sulfide) groups is 1. The summed E-state index contributed by atoms with van der Waals surface area (Å²) in [6, 6.07) is 17.9. The molecule has 0 aliphatic rings. The SMILES string of the molecule is CCC(CNC(=O)CSc1nnc(-c2cccc(Br)c2)o1)c1ccccc1. The molecule has 0 aliphatic heterocycles. The van der Waals surface area contributed by atoms with E-state index in [0.29, 0.717) is 23.6 Å². The zero-order chi connectivity index (χ0) is 19.1. The fourth-order valence-corrected chi connectivity index (χ4v) is 3.64. The molecule has 0 fully saturated rings. The van der Waals surface area contributed by atoms with E-state index in [4.69, 9.17) is 4.42 Å². The smallest absolute Gasteiger partial charge is 0.277 e. The van der Waals surface area contributed by atoms with Crippen LogP contribution in [0.4, 0.5) is 0 Å². The van der Waals surface area contributed by atoms with Gasteiger partial charge >= 0.3 is 0 Å². The highest BCUT2D eigenvalue weighted by Gasteiger charge is 2.13. The van der Waals surface area contributed by atoms with Gasteiger partial charge < -0.3 is 9.73 Å². The fraction of sp³-hybridized carbons (Fsp3) is 0.250. The van der Waals surface area contributed by atoms with Crippen LogP contribution in [-0.2, 0) is 4.79 Å². The zero-order valence-electron chi connectivity index (χ0n) is 14.9. The van der Waals surface area contributed by atoms with E-state index in [-0.39, 0.29) is 11.7 Å². The van der Waals surface area contributed by atoms with Crippen molar-refractivity contribution in [1.29, 1.82) is 0 Å². The van der Waals surface area contributed by atoms with Gasteiger partial charge in [-0.25, -0.2) is 0 Å². The highest BCUT2D eigenvalue weighted by Crippen LogP contribution is 2.25. The van der Waals surface area contributed by atoms with Gasteiger partial charge in [0.25, 0.3) is 5.22 Å². The van der Waals surface area contributed by atoms with E-state index in [1.807, 2.05) is 42.5 Å². The van der Waals surface area contributed by atoms with Crippen molar-refractivity contribution < 1.29 is 9.21 Å². The fourth-order valence-electron chi connectivity index (χ4n) is 2.64. The summed E-state index contributed by atoms with van der Waals surface area (Å²) < 4.78 is 6.57. The summed E-state index contributed by atoms with van der Waals surface area (Å²) in [4.78, 5) is 12.2. The average Bonchev–Trinajstić information content (AvgIpc) is 3.17. The van der Waals surface area contributed by atoms with Gasteiger partial charge in [-0.1, -0.05) is 71.0 Å². The van der Waals surface area contributed by atoms with Crippen molar-refractivity contribution in [2.75, 3.05) is 12.3 Å². The normalized spacial score (nSPS) is 11.9. The number of hydrogen-bond donors (Lipinski definition) is 1. The number of hydrogen-bond acceptors (Lipinski definition) is 5. The van der Waals surface area contributed by atoms with Gasteiger partial charge in [-0.2, -0.15) is 0 Å². The Labute approximate surface area is 171 Å². The van der Waals surface area contributed by atoms with Gasteiger partial charge in [-0.15, -0.1) is 10.2 Å². The second-order valence-corrected chi connectivity index (χ2v) is 7.83. The Balaban J connectivity index is 1.49. The number of nitrogens with zero attached hydrogens (tertiary/aromatic N) is 2. The molecule has 0 aliphatic carbocycles. The lowest BCUT2D eigenvalue weighted by molar-refractivity contribution is -0.118. The molecule has 2 aromatic carbocycles. The molecule has 0 radical (unpaired) electrons. The maximum atomic E-state index is 12.2. The van der Waals surface area contributed by atoms with E-state index < -0.39 is 0 Å². The Morgan fingerprint density at radius 3 is 2.74 bits per heavy atom. The van der Waals surface area contributed by atoms with E-state index in [1.54, 1.807) is 0 Å². The molecule has 5 nitrogen and oxygen atoms in total. The van der Waals surface area contributed by atoms with Gasteiger partial charge in [0.2, 0.25) is 11.8 Å². The van der Waals surface area contributed by atoms with Crippen LogP contribution in [-0.4, -0.2) is 28.4 Å². The summed E-state index contributed by atoms with van der Waals surface area (Å²) in [6.07, 6.45) is 0.969. The van der Waals surface area contributed by atoms with Gasteiger partial charge in [0.15, 0.2) is 0 Å². The summed E-state index contributed by atoms with van der Waals surface area (Å²) in [6.45, 7) is 2.74. The van der Waals surface area contributed by atoms with Crippen LogP contribution in [0.25, 0.3) is 11.5 Å². The average molecular weight is 446 g/mol. The molecule has 0 saturated heterocycles. The second-order valence-electron chi connectivity index (χ2n) is 5.99. The van der Waals surface area contributed by atoms with E-state index in [2.05, 4.69) is 50.5 Å². The third kappa shape index (κ3) is 5.68. The first-order valence-corrected chi connectivity index (χ1v) is 10.5. The van der Waals surface area contributed by atoms with Gasteiger partial charge in [-0.3, -0.25) is 4.79 Å². The largest absolute Gasteiger partial charge is 0.411 e. The first kappa shape index (κ1) is 19.6. The van der Waals surface area contributed by atoms with Crippen LogP contribution < -0.4 is 5.32 Å². The number of carbonyl (C=O) groups excluding carboxylic acids is 1. The van der Waals surface area contributed by atoms with Crippen LogP contribution in [0.2, 0.25) is 0 Å². The van der Waals surface area contributed by atoms with E-state index in [9.17, 15) is 4.79 Å². The Morgan fingerprint density at radius 1 is 1.19 bits per heavy atom. The maximum Gasteiger partial charge on any atom is 0.277 e. The van der Waals surface area contributed by atoms with Gasteiger partial charge in [0.05, 0.1) is 5.75 Å². The quantitative estimate of drug-likeness (QED) is 0.499. The molecule has 1 atom stereocenters. The predicted octanol–water partition coefficient (Wildman–Crippen LogP) is 4.90. The number of carbonyl (C=O) groups is 1. The van der Waals surface area contributed by atoms with Crippen molar-refractivity contribution >= 4 is 33.6 Å². The molecule has 1 unspecified atom stereocenters. The molecule has 0 saturated carbocycles. The van der Waals surface area contributed by atoms with Crippen LogP contribution in [0.3, 0.4) is 0 Å². The van der Waals surface area contributed by atoms with Crippen molar-refractivity contribution in [1.82, 2.24) is 15.5 Å². The third-order valence-electron chi connectivity index (χ3n) is 4.11. The van der Waals surface area contributed by atoms with Gasteiger partial charge in [0, 0.05) is 22.5 Å². The maximum absolute atomic E-state index is 12.2. The molecule has 1 heterocycles. The summed E-state index contributed by atoms with van der Waals surface area (Å²) in [5.74, 6) is 0.948. The lowest BCUT2D eigenvalue weighted by Gasteiger charge is -2.15. The first-order valence-electron chi connectivity index (χ1n) is 8.69. The topological polar surface area (TPSA) is 68.0 Å². The van der Waals surface area contributed by atoms with Crippen LogP contribution in [0.15, 0.2) is 68.7 Å². The van der Waals surface area contributed by atoms with Crippen LogP contribution in [0.1, 0.15) is 24.8 Å². The zero-order valence-corrected chi connectivity index (χ0v) is 17.3. The lowest BCUT2D eigenvalue weighted by Crippen LogP contribution is -2.29. The first-order chi connectivity index (χ1) is 13.2. The van der Waals surface area contributed by atoms with E-state index in [0.717, 1.165) is 16.5 Å². The van der Waals surface area contributed by atoms with Crippen molar-refractivity contribution in [2.45, 2.75) is 24.5 Å². The number of amides is 1. The summed E-state index contributed by atoms with van der Waals surface area (Å²) >= 11 is 4.66. The number of nitrogens with one attached hydrogen (secondary N) is 1. The molecular weight excluding hydrogens is 426 g/mol. The van der Waals surface area contributed by atoms with Crippen molar-refractivity contribution in [3.63, 3.8) is 0 Å². The molecule has 3 rings (SSSR count).